The Morgan fingerprint density at radius 1 is 1.12 bits per heavy atom. The smallest absolute Gasteiger partial charge is 0.356 e. The van der Waals surface area contributed by atoms with Crippen LogP contribution in [0.2, 0.25) is 0 Å². The Morgan fingerprint density at radius 2 is 1.83 bits per heavy atom. The third-order valence-electron chi connectivity index (χ3n) is 3.26. The van der Waals surface area contributed by atoms with Crippen molar-refractivity contribution < 1.29 is 19.5 Å². The molecule has 0 fully saturated rings. The minimum Gasteiger partial charge on any atom is -0.476 e. The molecule has 3 rings (SSSR count). The number of hydrogen-bond acceptors (Lipinski definition) is 6. The molecule has 7 heteroatoms. The maximum absolute atomic E-state index is 11.6. The Bertz CT molecular complexity index is 849. The van der Waals surface area contributed by atoms with Crippen LogP contribution in [0.25, 0.3) is 10.4 Å². The molecule has 3 N–H and O–H groups in total. The van der Waals surface area contributed by atoms with Gasteiger partial charge in [-0.25, -0.2) is 10.7 Å². The molecule has 0 aliphatic rings. The van der Waals surface area contributed by atoms with Crippen LogP contribution in [0.5, 0.6) is 10.9 Å². The highest BCUT2D eigenvalue weighted by Gasteiger charge is 2.21. The zero-order chi connectivity index (χ0) is 16.9. The normalized spacial score (nSPS) is 10.5. The summed E-state index contributed by atoms with van der Waals surface area (Å²) in [6, 6.07) is 16.4. The van der Waals surface area contributed by atoms with E-state index in [1.807, 2.05) is 36.4 Å². The lowest BCUT2D eigenvalue weighted by Gasteiger charge is -2.06. The van der Waals surface area contributed by atoms with Gasteiger partial charge >= 0.3 is 5.97 Å². The molecule has 0 amide bonds. The minimum absolute atomic E-state index is 0.0598. The van der Waals surface area contributed by atoms with Crippen LogP contribution in [0.1, 0.15) is 16.1 Å². The Hall–Kier alpha value is -2.74. The number of para-hydroxylation sites is 1. The number of rotatable bonds is 6. The Balaban J connectivity index is 2.03. The molecule has 0 radical (unpaired) electrons. The van der Waals surface area contributed by atoms with Crippen molar-refractivity contribution >= 4 is 17.3 Å². The van der Waals surface area contributed by atoms with E-state index in [1.165, 1.54) is 11.3 Å². The molecule has 0 saturated carbocycles. The van der Waals surface area contributed by atoms with Crippen LogP contribution in [0, 0.1) is 0 Å². The molecule has 6 nitrogen and oxygen atoms in total. The Kier molecular flexibility index (Phi) is 4.85. The topological polar surface area (TPSA) is 94.7 Å². The van der Waals surface area contributed by atoms with Crippen LogP contribution in [0.3, 0.4) is 0 Å². The lowest BCUT2D eigenvalue weighted by atomic mass is 10.1. The molecule has 3 aromatic rings. The highest BCUT2D eigenvalue weighted by atomic mass is 32.1. The first-order valence-electron chi connectivity index (χ1n) is 7.06. The molecule has 0 bridgehead atoms. The Labute approximate surface area is 142 Å². The maximum Gasteiger partial charge on any atom is 0.356 e. The van der Waals surface area contributed by atoms with Gasteiger partial charge in [0, 0.05) is 0 Å². The van der Waals surface area contributed by atoms with Crippen LogP contribution in [0.15, 0.2) is 54.6 Å². The standard InChI is InChI=1S/C17H14N2O4S/c18-22-10-11-6-4-5-9-13(11)15-14(16(20)21)19-17(24-15)23-12-7-2-1-3-8-12/h1-9H,10,18H2,(H,20,21). The lowest BCUT2D eigenvalue weighted by Crippen LogP contribution is -2.02. The molecule has 0 unspecified atom stereocenters. The van der Waals surface area contributed by atoms with Crippen molar-refractivity contribution in [2.75, 3.05) is 0 Å². The second-order valence-electron chi connectivity index (χ2n) is 4.85. The fourth-order valence-electron chi connectivity index (χ4n) is 2.22. The first kappa shape index (κ1) is 16.1. The maximum atomic E-state index is 11.6. The number of thiazole rings is 1. The summed E-state index contributed by atoms with van der Waals surface area (Å²) in [5.74, 6) is 4.63. The van der Waals surface area contributed by atoms with E-state index in [9.17, 15) is 9.90 Å². The predicted molar refractivity (Wildman–Crippen MR) is 90.0 cm³/mol. The fraction of sp³-hybridized carbons (Fsp3) is 0.0588. The van der Waals surface area contributed by atoms with Crippen molar-refractivity contribution in [3.63, 3.8) is 0 Å². The van der Waals surface area contributed by atoms with E-state index >= 15 is 0 Å². The molecule has 0 spiro atoms. The van der Waals surface area contributed by atoms with Gasteiger partial charge in [-0.1, -0.05) is 53.8 Å². The highest BCUT2D eigenvalue weighted by Crippen LogP contribution is 2.38. The largest absolute Gasteiger partial charge is 0.476 e. The summed E-state index contributed by atoms with van der Waals surface area (Å²) < 4.78 is 5.66. The number of hydrogen-bond donors (Lipinski definition) is 2. The van der Waals surface area contributed by atoms with Gasteiger partial charge in [-0.15, -0.1) is 0 Å². The van der Waals surface area contributed by atoms with Crippen molar-refractivity contribution in [2.24, 2.45) is 5.90 Å². The molecular weight excluding hydrogens is 328 g/mol. The summed E-state index contributed by atoms with van der Waals surface area (Å²) >= 11 is 1.17. The molecule has 122 valence electrons. The minimum atomic E-state index is -1.12. The molecule has 0 aliphatic carbocycles. The van der Waals surface area contributed by atoms with E-state index in [-0.39, 0.29) is 17.5 Å². The van der Waals surface area contributed by atoms with Gasteiger partial charge in [0.1, 0.15) is 5.75 Å². The lowest BCUT2D eigenvalue weighted by molar-refractivity contribution is 0.0691. The molecule has 1 aromatic heterocycles. The van der Waals surface area contributed by atoms with Crippen LogP contribution in [-0.2, 0) is 11.4 Å². The quantitative estimate of drug-likeness (QED) is 0.663. The molecule has 0 aliphatic heterocycles. The molecule has 24 heavy (non-hydrogen) atoms. The number of nitrogens with two attached hydrogens (primary N) is 1. The van der Waals surface area contributed by atoms with Gasteiger partial charge < -0.3 is 9.84 Å². The van der Waals surface area contributed by atoms with Gasteiger partial charge in [0.25, 0.3) is 5.19 Å². The number of ether oxygens (including phenoxy) is 1. The number of nitrogens with zero attached hydrogens (tertiary/aromatic N) is 1. The second kappa shape index (κ2) is 7.22. The summed E-state index contributed by atoms with van der Waals surface area (Å²) in [4.78, 5) is 20.9. The van der Waals surface area contributed by atoms with Gasteiger partial charge in [-0.05, 0) is 23.3 Å². The summed E-state index contributed by atoms with van der Waals surface area (Å²) in [5.41, 5.74) is 1.42. The Morgan fingerprint density at radius 3 is 2.54 bits per heavy atom. The zero-order valence-corrected chi connectivity index (χ0v) is 13.3. The molecule has 0 saturated heterocycles. The van der Waals surface area contributed by atoms with Crippen LogP contribution >= 0.6 is 11.3 Å². The zero-order valence-electron chi connectivity index (χ0n) is 12.5. The average Bonchev–Trinajstić information content (AvgIpc) is 3.00. The van der Waals surface area contributed by atoms with Gasteiger partial charge in [-0.3, -0.25) is 4.84 Å². The molecule has 2 aromatic carbocycles. The fourth-order valence-corrected chi connectivity index (χ4v) is 3.21. The number of carboxylic acids is 1. The summed E-state index contributed by atoms with van der Waals surface area (Å²) in [6.07, 6.45) is 0. The first-order valence-corrected chi connectivity index (χ1v) is 7.87. The number of aromatic carboxylic acids is 1. The van der Waals surface area contributed by atoms with E-state index < -0.39 is 5.97 Å². The van der Waals surface area contributed by atoms with E-state index in [0.717, 1.165) is 5.56 Å². The number of carbonyl (C=O) groups is 1. The van der Waals surface area contributed by atoms with Crippen molar-refractivity contribution in [1.29, 1.82) is 0 Å². The highest BCUT2D eigenvalue weighted by molar-refractivity contribution is 7.17. The SMILES string of the molecule is NOCc1ccccc1-c1sc(Oc2ccccc2)nc1C(=O)O. The predicted octanol–water partition coefficient (Wildman–Crippen LogP) is 3.69. The van der Waals surface area contributed by atoms with E-state index in [1.54, 1.807) is 18.2 Å². The summed E-state index contributed by atoms with van der Waals surface area (Å²) in [5, 5.41) is 9.72. The molecule has 0 atom stereocenters. The second-order valence-corrected chi connectivity index (χ2v) is 5.81. The summed E-state index contributed by atoms with van der Waals surface area (Å²) in [7, 11) is 0. The van der Waals surface area contributed by atoms with E-state index in [0.29, 0.717) is 16.2 Å². The first-order chi connectivity index (χ1) is 11.7. The van der Waals surface area contributed by atoms with Crippen molar-refractivity contribution in [2.45, 2.75) is 6.61 Å². The number of carboxylic acid groups (broad SMARTS) is 1. The van der Waals surface area contributed by atoms with E-state index in [2.05, 4.69) is 4.98 Å². The van der Waals surface area contributed by atoms with Gasteiger partial charge in [-0.2, -0.15) is 4.98 Å². The van der Waals surface area contributed by atoms with Gasteiger partial charge in [0.05, 0.1) is 11.5 Å². The average molecular weight is 342 g/mol. The molecular formula is C17H14N2O4S. The van der Waals surface area contributed by atoms with Crippen LogP contribution in [0.4, 0.5) is 0 Å². The third-order valence-corrected chi connectivity index (χ3v) is 4.23. The van der Waals surface area contributed by atoms with Crippen molar-refractivity contribution in [3.05, 3.63) is 65.9 Å². The van der Waals surface area contributed by atoms with Gasteiger partial charge in [0.15, 0.2) is 5.69 Å². The van der Waals surface area contributed by atoms with Crippen molar-refractivity contribution in [1.82, 2.24) is 4.98 Å². The third kappa shape index (κ3) is 3.43. The van der Waals surface area contributed by atoms with Crippen LogP contribution in [-0.4, -0.2) is 16.1 Å². The van der Waals surface area contributed by atoms with Gasteiger partial charge in [0.2, 0.25) is 0 Å². The molecule has 1 heterocycles. The number of benzene rings is 2. The van der Waals surface area contributed by atoms with Crippen molar-refractivity contribution in [3.8, 4) is 21.4 Å². The van der Waals surface area contributed by atoms with Crippen LogP contribution < -0.4 is 10.6 Å². The van der Waals surface area contributed by atoms with E-state index in [4.69, 9.17) is 15.5 Å². The summed E-state index contributed by atoms with van der Waals surface area (Å²) in [6.45, 7) is 0.169. The monoisotopic (exact) mass is 342 g/mol. The number of aromatic nitrogens is 1.